The van der Waals surface area contributed by atoms with Gasteiger partial charge in [0.05, 0.1) is 6.21 Å². The van der Waals surface area contributed by atoms with Crippen molar-refractivity contribution in [1.82, 2.24) is 0 Å². The van der Waals surface area contributed by atoms with E-state index >= 15 is 0 Å². The van der Waals surface area contributed by atoms with Crippen molar-refractivity contribution in [2.75, 3.05) is 0 Å². The average molecular weight is 251 g/mol. The van der Waals surface area contributed by atoms with Gasteiger partial charge in [-0.1, -0.05) is 28.7 Å². The van der Waals surface area contributed by atoms with Gasteiger partial charge in [-0.2, -0.15) is 0 Å². The fourth-order valence-electron chi connectivity index (χ4n) is 1.07. The molecular formula is C13H17NO2S. The molecule has 0 aliphatic rings. The molecule has 1 rings (SSSR count). The lowest BCUT2D eigenvalue weighted by atomic mass is 10.1. The maximum Gasteiger partial charge on any atom is 0.159 e. The van der Waals surface area contributed by atoms with Crippen LogP contribution in [-0.2, 0) is 11.4 Å². The van der Waals surface area contributed by atoms with Gasteiger partial charge in [0.1, 0.15) is 16.1 Å². The minimum absolute atomic E-state index is 0.0340. The lowest BCUT2D eigenvalue weighted by molar-refractivity contribution is 0.101. The number of ketones is 1. The molecule has 0 aliphatic heterocycles. The summed E-state index contributed by atoms with van der Waals surface area (Å²) in [4.78, 5) is 11.1. The quantitative estimate of drug-likeness (QED) is 0.471. The number of hydrogen-bond acceptors (Lipinski definition) is 3. The summed E-state index contributed by atoms with van der Waals surface area (Å²) in [5, 5.41) is 0. The Labute approximate surface area is 105 Å². The van der Waals surface area contributed by atoms with Crippen molar-refractivity contribution in [3.05, 3.63) is 35.4 Å². The smallest absolute Gasteiger partial charge is 0.159 e. The molecule has 4 heteroatoms. The molecule has 0 saturated carbocycles. The number of hydrogen-bond donors (Lipinski definition) is 0. The van der Waals surface area contributed by atoms with Crippen LogP contribution < -0.4 is 0 Å². The Morgan fingerprint density at radius 2 is 1.82 bits per heavy atom. The number of rotatable bonds is 3. The number of carbonyl (C=O) groups excluding carboxylic acids is 1. The van der Waals surface area contributed by atoms with E-state index in [2.05, 4.69) is 4.40 Å². The van der Waals surface area contributed by atoms with Gasteiger partial charge in [-0.05, 0) is 33.3 Å². The van der Waals surface area contributed by atoms with Gasteiger partial charge in [-0.15, -0.1) is 0 Å². The summed E-state index contributed by atoms with van der Waals surface area (Å²) in [6.45, 7) is 7.15. The van der Waals surface area contributed by atoms with Crippen LogP contribution in [0.25, 0.3) is 0 Å². The van der Waals surface area contributed by atoms with Crippen molar-refractivity contribution in [3.63, 3.8) is 0 Å². The third-order valence-electron chi connectivity index (χ3n) is 2.14. The predicted octanol–water partition coefficient (Wildman–Crippen LogP) is 2.77. The van der Waals surface area contributed by atoms with Crippen molar-refractivity contribution >= 4 is 23.4 Å². The lowest BCUT2D eigenvalue weighted by Gasteiger charge is -2.17. The Morgan fingerprint density at radius 3 is 2.24 bits per heavy atom. The highest BCUT2D eigenvalue weighted by Crippen LogP contribution is 2.16. The van der Waals surface area contributed by atoms with Gasteiger partial charge in [0, 0.05) is 5.56 Å². The van der Waals surface area contributed by atoms with Gasteiger partial charge in [0.25, 0.3) is 0 Å². The van der Waals surface area contributed by atoms with Crippen LogP contribution in [0.2, 0.25) is 0 Å². The molecule has 0 aromatic heterocycles. The molecule has 3 nitrogen and oxygen atoms in total. The standard InChI is InChI=1S/C13H17NO2S/c1-10(15)12-7-5-11(6-8-12)9-14-17(16)13(2,3)4/h5-9H,1-4H3/b14-9+. The van der Waals surface area contributed by atoms with Crippen LogP contribution in [0.15, 0.2) is 28.7 Å². The molecule has 1 unspecified atom stereocenters. The molecule has 0 bridgehead atoms. The fourth-order valence-corrected chi connectivity index (χ4v) is 1.60. The van der Waals surface area contributed by atoms with Crippen molar-refractivity contribution in [1.29, 1.82) is 0 Å². The van der Waals surface area contributed by atoms with E-state index in [-0.39, 0.29) is 10.5 Å². The van der Waals surface area contributed by atoms with Gasteiger partial charge >= 0.3 is 0 Å². The average Bonchev–Trinajstić information content (AvgIpc) is 2.25. The van der Waals surface area contributed by atoms with E-state index in [0.717, 1.165) is 5.56 Å². The fraction of sp³-hybridized carbons (Fsp3) is 0.385. The van der Waals surface area contributed by atoms with Crippen molar-refractivity contribution in [2.24, 2.45) is 4.40 Å². The number of carbonyl (C=O) groups is 1. The van der Waals surface area contributed by atoms with Gasteiger partial charge < -0.3 is 4.55 Å². The highest BCUT2D eigenvalue weighted by molar-refractivity contribution is 7.91. The molecule has 0 N–H and O–H groups in total. The van der Waals surface area contributed by atoms with Crippen LogP contribution in [0.5, 0.6) is 0 Å². The third kappa shape index (κ3) is 4.32. The highest BCUT2D eigenvalue weighted by atomic mass is 32.2. The van der Waals surface area contributed by atoms with Crippen molar-refractivity contribution < 1.29 is 9.35 Å². The highest BCUT2D eigenvalue weighted by Gasteiger charge is 2.25. The summed E-state index contributed by atoms with van der Waals surface area (Å²) in [6, 6.07) is 7.06. The molecule has 0 spiro atoms. The Hall–Kier alpha value is -1.13. The van der Waals surface area contributed by atoms with Crippen LogP contribution in [0.4, 0.5) is 0 Å². The first-order valence-corrected chi connectivity index (χ1v) is 6.48. The SMILES string of the molecule is CC(=O)c1ccc(/C=N/[S+]([O-])C(C)(C)C)cc1. The number of benzene rings is 1. The summed E-state index contributed by atoms with van der Waals surface area (Å²) in [5.74, 6) is 0.0340. The molecule has 0 amide bonds. The molecule has 0 heterocycles. The van der Waals surface area contributed by atoms with Crippen LogP contribution in [-0.4, -0.2) is 21.3 Å². The monoisotopic (exact) mass is 251 g/mol. The Balaban J connectivity index is 2.76. The molecule has 0 radical (unpaired) electrons. The van der Waals surface area contributed by atoms with Gasteiger partial charge in [0.2, 0.25) is 0 Å². The third-order valence-corrected chi connectivity index (χ3v) is 3.48. The predicted molar refractivity (Wildman–Crippen MR) is 71.9 cm³/mol. The molecule has 0 fully saturated rings. The molecule has 1 atom stereocenters. The largest absolute Gasteiger partial charge is 0.591 e. The molecule has 0 saturated heterocycles. The molecule has 1 aromatic rings. The second kappa shape index (κ2) is 5.47. The first kappa shape index (κ1) is 13.9. The summed E-state index contributed by atoms with van der Waals surface area (Å²) in [6.07, 6.45) is 1.57. The molecule has 0 aliphatic carbocycles. The first-order valence-electron chi connectivity index (χ1n) is 5.38. The van der Waals surface area contributed by atoms with Crippen LogP contribution in [0.3, 0.4) is 0 Å². The maximum absolute atomic E-state index is 11.7. The zero-order valence-electron chi connectivity index (χ0n) is 10.6. The molecular weight excluding hydrogens is 234 g/mol. The van der Waals surface area contributed by atoms with E-state index in [1.807, 2.05) is 20.8 Å². The number of nitrogens with zero attached hydrogens (tertiary/aromatic N) is 1. The Bertz CT molecular complexity index is 418. The van der Waals surface area contributed by atoms with Crippen LogP contribution in [0, 0.1) is 0 Å². The molecule has 92 valence electrons. The van der Waals surface area contributed by atoms with E-state index in [1.165, 1.54) is 6.92 Å². The van der Waals surface area contributed by atoms with Crippen molar-refractivity contribution in [3.8, 4) is 0 Å². The lowest BCUT2D eigenvalue weighted by Crippen LogP contribution is -2.25. The Morgan fingerprint density at radius 1 is 1.29 bits per heavy atom. The maximum atomic E-state index is 11.7. The summed E-state index contributed by atoms with van der Waals surface area (Å²) < 4.78 is 15.3. The summed E-state index contributed by atoms with van der Waals surface area (Å²) in [7, 11) is 0. The zero-order valence-corrected chi connectivity index (χ0v) is 11.4. The number of Topliss-reactive ketones (excluding diaryl/α,β-unsaturated/α-hetero) is 1. The van der Waals surface area contributed by atoms with Crippen LogP contribution in [0.1, 0.15) is 43.6 Å². The summed E-state index contributed by atoms with van der Waals surface area (Å²) in [5.41, 5.74) is 1.51. The minimum atomic E-state index is -1.25. The van der Waals surface area contributed by atoms with E-state index in [1.54, 1.807) is 30.5 Å². The minimum Gasteiger partial charge on any atom is -0.591 e. The zero-order chi connectivity index (χ0) is 13.1. The van der Waals surface area contributed by atoms with E-state index < -0.39 is 11.4 Å². The van der Waals surface area contributed by atoms with E-state index in [0.29, 0.717) is 5.56 Å². The van der Waals surface area contributed by atoms with Gasteiger partial charge in [-0.3, -0.25) is 4.79 Å². The van der Waals surface area contributed by atoms with E-state index in [4.69, 9.17) is 0 Å². The van der Waals surface area contributed by atoms with Crippen molar-refractivity contribution in [2.45, 2.75) is 32.4 Å². The van der Waals surface area contributed by atoms with Gasteiger partial charge in [0.15, 0.2) is 5.78 Å². The summed E-state index contributed by atoms with van der Waals surface area (Å²) >= 11 is -1.25. The Kier molecular flexibility index (Phi) is 4.48. The first-order chi connectivity index (χ1) is 7.80. The second-order valence-electron chi connectivity index (χ2n) is 4.77. The second-order valence-corrected chi connectivity index (χ2v) is 6.71. The normalized spacial score (nSPS) is 13.9. The molecule has 1 aromatic carbocycles. The van der Waals surface area contributed by atoms with Crippen LogP contribution >= 0.6 is 0 Å². The topological polar surface area (TPSA) is 52.5 Å². The van der Waals surface area contributed by atoms with E-state index in [9.17, 15) is 9.35 Å². The van der Waals surface area contributed by atoms with Gasteiger partial charge in [-0.25, -0.2) is 0 Å². The molecule has 17 heavy (non-hydrogen) atoms.